The van der Waals surface area contributed by atoms with Crippen molar-refractivity contribution in [1.29, 1.82) is 0 Å². The lowest BCUT2D eigenvalue weighted by molar-refractivity contribution is -0.119. The Bertz CT molecular complexity index is 454. The standard InChI is InChI=1S/C15H23N3O2/c1-11(19)14-4-3-7-16-15(14)18-8-5-13(6-9-18)10-17-12(2)20/h3-4,7,11,13,19H,5-6,8-10H2,1-2H3,(H,17,20)/t11-/m1/s1. The molecule has 2 rings (SSSR count). The van der Waals surface area contributed by atoms with Crippen LogP contribution in [0.4, 0.5) is 5.82 Å². The maximum atomic E-state index is 10.9. The van der Waals surface area contributed by atoms with Gasteiger partial charge < -0.3 is 15.3 Å². The molecule has 5 nitrogen and oxygen atoms in total. The number of pyridine rings is 1. The molecule has 0 radical (unpaired) electrons. The van der Waals surface area contributed by atoms with Crippen molar-refractivity contribution in [2.24, 2.45) is 5.92 Å². The van der Waals surface area contributed by atoms with Gasteiger partial charge in [0.15, 0.2) is 0 Å². The molecule has 0 aliphatic carbocycles. The van der Waals surface area contributed by atoms with Gasteiger partial charge in [-0.1, -0.05) is 6.07 Å². The third-order valence-electron chi connectivity index (χ3n) is 3.82. The number of nitrogens with zero attached hydrogens (tertiary/aromatic N) is 2. The first-order chi connectivity index (χ1) is 9.58. The Morgan fingerprint density at radius 1 is 1.55 bits per heavy atom. The molecular formula is C15H23N3O2. The second kappa shape index (κ2) is 6.70. The summed E-state index contributed by atoms with van der Waals surface area (Å²) in [6.07, 6.45) is 3.34. The molecule has 1 aliphatic heterocycles. The van der Waals surface area contributed by atoms with Crippen LogP contribution in [0.5, 0.6) is 0 Å². The van der Waals surface area contributed by atoms with E-state index in [9.17, 15) is 9.90 Å². The van der Waals surface area contributed by atoms with Gasteiger partial charge in [-0.2, -0.15) is 0 Å². The van der Waals surface area contributed by atoms with Crippen LogP contribution < -0.4 is 10.2 Å². The predicted molar refractivity (Wildman–Crippen MR) is 78.5 cm³/mol. The highest BCUT2D eigenvalue weighted by atomic mass is 16.3. The van der Waals surface area contributed by atoms with Crippen LogP contribution >= 0.6 is 0 Å². The average molecular weight is 277 g/mol. The third-order valence-corrected chi connectivity index (χ3v) is 3.82. The largest absolute Gasteiger partial charge is 0.389 e. The Morgan fingerprint density at radius 2 is 2.25 bits per heavy atom. The summed E-state index contributed by atoms with van der Waals surface area (Å²) in [5.41, 5.74) is 0.882. The van der Waals surface area contributed by atoms with Crippen LogP contribution in [-0.4, -0.2) is 35.6 Å². The molecule has 0 unspecified atom stereocenters. The second-order valence-electron chi connectivity index (χ2n) is 5.46. The van der Waals surface area contributed by atoms with Gasteiger partial charge in [0.05, 0.1) is 6.10 Å². The van der Waals surface area contributed by atoms with Gasteiger partial charge in [0.25, 0.3) is 0 Å². The first kappa shape index (κ1) is 14.8. The van der Waals surface area contributed by atoms with Crippen molar-refractivity contribution in [3.63, 3.8) is 0 Å². The summed E-state index contributed by atoms with van der Waals surface area (Å²) in [6.45, 7) is 5.92. The lowest BCUT2D eigenvalue weighted by Gasteiger charge is -2.34. The van der Waals surface area contributed by atoms with E-state index in [4.69, 9.17) is 0 Å². The topological polar surface area (TPSA) is 65.5 Å². The molecule has 1 atom stereocenters. The minimum absolute atomic E-state index is 0.0357. The van der Waals surface area contributed by atoms with Gasteiger partial charge in [0.2, 0.25) is 5.91 Å². The van der Waals surface area contributed by atoms with Crippen LogP contribution in [0, 0.1) is 5.92 Å². The highest BCUT2D eigenvalue weighted by molar-refractivity contribution is 5.72. The van der Waals surface area contributed by atoms with E-state index < -0.39 is 6.10 Å². The summed E-state index contributed by atoms with van der Waals surface area (Å²) in [5.74, 6) is 1.46. The van der Waals surface area contributed by atoms with Crippen molar-refractivity contribution in [3.05, 3.63) is 23.9 Å². The summed E-state index contributed by atoms with van der Waals surface area (Å²) in [4.78, 5) is 17.6. The Morgan fingerprint density at radius 3 is 2.85 bits per heavy atom. The Kier molecular flexibility index (Phi) is 4.95. The highest BCUT2D eigenvalue weighted by Crippen LogP contribution is 2.27. The summed E-state index contributed by atoms with van der Waals surface area (Å²) in [5, 5.41) is 12.7. The fourth-order valence-corrected chi connectivity index (χ4v) is 2.64. The van der Waals surface area contributed by atoms with Crippen LogP contribution in [0.25, 0.3) is 0 Å². The maximum Gasteiger partial charge on any atom is 0.216 e. The number of anilines is 1. The first-order valence-electron chi connectivity index (χ1n) is 7.20. The SMILES string of the molecule is CC(=O)NCC1CCN(c2ncccc2[C@@H](C)O)CC1. The Labute approximate surface area is 120 Å². The summed E-state index contributed by atoms with van der Waals surface area (Å²) >= 11 is 0. The molecule has 0 saturated carbocycles. The lowest BCUT2D eigenvalue weighted by atomic mass is 9.96. The molecule has 1 aromatic rings. The van der Waals surface area contributed by atoms with Crippen molar-refractivity contribution in [2.75, 3.05) is 24.5 Å². The third kappa shape index (κ3) is 3.70. The highest BCUT2D eigenvalue weighted by Gasteiger charge is 2.22. The zero-order valence-electron chi connectivity index (χ0n) is 12.2. The number of aliphatic hydroxyl groups is 1. The van der Waals surface area contributed by atoms with E-state index in [-0.39, 0.29) is 5.91 Å². The van der Waals surface area contributed by atoms with Crippen molar-refractivity contribution < 1.29 is 9.90 Å². The zero-order chi connectivity index (χ0) is 14.5. The fourth-order valence-electron chi connectivity index (χ4n) is 2.64. The van der Waals surface area contributed by atoms with E-state index in [1.807, 2.05) is 12.1 Å². The summed E-state index contributed by atoms with van der Waals surface area (Å²) in [6, 6.07) is 3.78. The maximum absolute atomic E-state index is 10.9. The number of aromatic nitrogens is 1. The monoisotopic (exact) mass is 277 g/mol. The smallest absolute Gasteiger partial charge is 0.216 e. The van der Waals surface area contributed by atoms with Crippen LogP contribution in [0.15, 0.2) is 18.3 Å². The number of amides is 1. The van der Waals surface area contributed by atoms with Gasteiger partial charge in [0, 0.05) is 38.3 Å². The summed E-state index contributed by atoms with van der Waals surface area (Å²) < 4.78 is 0. The number of hydrogen-bond acceptors (Lipinski definition) is 4. The lowest BCUT2D eigenvalue weighted by Crippen LogP contribution is -2.39. The van der Waals surface area contributed by atoms with Gasteiger partial charge in [-0.05, 0) is 31.7 Å². The quantitative estimate of drug-likeness (QED) is 0.875. The predicted octanol–water partition coefficient (Wildman–Crippen LogP) is 1.49. The molecule has 2 heterocycles. The molecule has 20 heavy (non-hydrogen) atoms. The minimum Gasteiger partial charge on any atom is -0.389 e. The molecule has 1 amide bonds. The minimum atomic E-state index is -0.504. The van der Waals surface area contributed by atoms with Gasteiger partial charge in [-0.15, -0.1) is 0 Å². The van der Waals surface area contributed by atoms with E-state index in [2.05, 4.69) is 15.2 Å². The van der Waals surface area contributed by atoms with E-state index in [0.717, 1.165) is 43.9 Å². The van der Waals surface area contributed by atoms with Crippen molar-refractivity contribution >= 4 is 11.7 Å². The van der Waals surface area contributed by atoms with E-state index >= 15 is 0 Å². The molecule has 1 aromatic heterocycles. The van der Waals surface area contributed by atoms with Gasteiger partial charge >= 0.3 is 0 Å². The Hall–Kier alpha value is -1.62. The molecule has 2 N–H and O–H groups in total. The second-order valence-corrected chi connectivity index (χ2v) is 5.46. The molecule has 5 heteroatoms. The number of carbonyl (C=O) groups excluding carboxylic acids is 1. The number of piperidine rings is 1. The number of carbonyl (C=O) groups is 1. The summed E-state index contributed by atoms with van der Waals surface area (Å²) in [7, 11) is 0. The molecule has 0 spiro atoms. The van der Waals surface area contributed by atoms with E-state index in [1.54, 1.807) is 20.0 Å². The van der Waals surface area contributed by atoms with Gasteiger partial charge in [-0.25, -0.2) is 4.98 Å². The Balaban J connectivity index is 1.95. The molecule has 0 aromatic carbocycles. The number of aliphatic hydroxyl groups excluding tert-OH is 1. The van der Waals surface area contributed by atoms with Crippen LogP contribution in [0.2, 0.25) is 0 Å². The number of nitrogens with one attached hydrogen (secondary N) is 1. The molecule has 1 aliphatic rings. The number of rotatable bonds is 4. The van der Waals surface area contributed by atoms with Gasteiger partial charge in [0.1, 0.15) is 5.82 Å². The normalized spacial score (nSPS) is 17.9. The molecule has 0 bridgehead atoms. The molecule has 1 saturated heterocycles. The van der Waals surface area contributed by atoms with Crippen molar-refractivity contribution in [3.8, 4) is 0 Å². The molecule has 110 valence electrons. The molecular weight excluding hydrogens is 254 g/mol. The van der Waals surface area contributed by atoms with Crippen LogP contribution in [0.1, 0.15) is 38.4 Å². The fraction of sp³-hybridized carbons (Fsp3) is 0.600. The first-order valence-corrected chi connectivity index (χ1v) is 7.20. The zero-order valence-corrected chi connectivity index (χ0v) is 12.2. The average Bonchev–Trinajstić information content (AvgIpc) is 2.45. The van der Waals surface area contributed by atoms with Gasteiger partial charge in [-0.3, -0.25) is 4.79 Å². The van der Waals surface area contributed by atoms with Crippen molar-refractivity contribution in [1.82, 2.24) is 10.3 Å². The number of hydrogen-bond donors (Lipinski definition) is 2. The van der Waals surface area contributed by atoms with Crippen LogP contribution in [-0.2, 0) is 4.79 Å². The van der Waals surface area contributed by atoms with Crippen molar-refractivity contribution in [2.45, 2.75) is 32.8 Å². The van der Waals surface area contributed by atoms with E-state index in [0.29, 0.717) is 5.92 Å². The van der Waals surface area contributed by atoms with Crippen LogP contribution in [0.3, 0.4) is 0 Å². The van der Waals surface area contributed by atoms with E-state index in [1.165, 1.54) is 0 Å². The molecule has 1 fully saturated rings.